The first-order valence-electron chi connectivity index (χ1n) is 29.4. The molecule has 0 aliphatic carbocycles. The average molecular weight is 941 g/mol. The molecule has 1 amide bonds. The zero-order chi connectivity index (χ0) is 48.6. The van der Waals surface area contributed by atoms with Crippen LogP contribution in [0.4, 0.5) is 0 Å². The highest BCUT2D eigenvalue weighted by molar-refractivity contribution is 5.76. The highest BCUT2D eigenvalue weighted by Crippen LogP contribution is 2.16. The minimum absolute atomic E-state index is 0.00276. The molecular weight excluding hydrogens is 827 g/mol. The minimum Gasteiger partial charge on any atom is -0.466 e. The van der Waals surface area contributed by atoms with Gasteiger partial charge in [-0.1, -0.05) is 249 Å². The van der Waals surface area contributed by atoms with Gasteiger partial charge in [0.1, 0.15) is 0 Å². The Bertz CT molecular complexity index is 1130. The number of ether oxygens (including phenoxy) is 1. The molecule has 0 bridgehead atoms. The second-order valence-corrected chi connectivity index (χ2v) is 20.0. The van der Waals surface area contributed by atoms with E-state index in [-0.39, 0.29) is 18.5 Å². The van der Waals surface area contributed by atoms with Gasteiger partial charge >= 0.3 is 5.97 Å². The van der Waals surface area contributed by atoms with Crippen molar-refractivity contribution >= 4 is 11.9 Å². The lowest BCUT2D eigenvalue weighted by molar-refractivity contribution is -0.143. The number of allylic oxidation sites excluding steroid dienone is 7. The molecule has 2 atom stereocenters. The SMILES string of the molecule is CCCCC/C=C\C/C=C\CCCCCCCCCC(=O)OCCCCCCCCCCC/C=C\CCCCCCCCCC(=O)NC(CO)C(O)/C=C/CCCCCCCCCCCCC. The molecule has 0 spiro atoms. The zero-order valence-corrected chi connectivity index (χ0v) is 44.6. The lowest BCUT2D eigenvalue weighted by Crippen LogP contribution is -2.45. The molecule has 0 saturated carbocycles. The second-order valence-electron chi connectivity index (χ2n) is 20.0. The molecule has 0 aromatic carbocycles. The Morgan fingerprint density at radius 3 is 1.18 bits per heavy atom. The Morgan fingerprint density at radius 2 is 0.746 bits per heavy atom. The summed E-state index contributed by atoms with van der Waals surface area (Å²) in [6.07, 6.45) is 71.3. The summed E-state index contributed by atoms with van der Waals surface area (Å²) < 4.78 is 5.48. The van der Waals surface area contributed by atoms with Gasteiger partial charge in [0.25, 0.3) is 0 Å². The molecule has 0 aromatic heterocycles. The van der Waals surface area contributed by atoms with Gasteiger partial charge in [-0.25, -0.2) is 0 Å². The van der Waals surface area contributed by atoms with Gasteiger partial charge in [0.2, 0.25) is 5.91 Å². The summed E-state index contributed by atoms with van der Waals surface area (Å²) in [5.74, 6) is -0.0803. The van der Waals surface area contributed by atoms with Crippen molar-refractivity contribution in [1.29, 1.82) is 0 Å². The van der Waals surface area contributed by atoms with Gasteiger partial charge in [-0.15, -0.1) is 0 Å². The fraction of sp³-hybridized carbons (Fsp3) is 0.836. The molecule has 67 heavy (non-hydrogen) atoms. The van der Waals surface area contributed by atoms with Crippen molar-refractivity contribution in [3.63, 3.8) is 0 Å². The van der Waals surface area contributed by atoms with Crippen molar-refractivity contribution in [1.82, 2.24) is 5.32 Å². The van der Waals surface area contributed by atoms with Gasteiger partial charge in [0.15, 0.2) is 0 Å². The Morgan fingerprint density at radius 1 is 0.418 bits per heavy atom. The van der Waals surface area contributed by atoms with E-state index < -0.39 is 12.1 Å². The summed E-state index contributed by atoms with van der Waals surface area (Å²) in [5, 5.41) is 23.1. The first kappa shape index (κ1) is 64.8. The molecule has 0 aliphatic heterocycles. The van der Waals surface area contributed by atoms with Crippen LogP contribution in [0.3, 0.4) is 0 Å². The van der Waals surface area contributed by atoms with Crippen LogP contribution in [0.2, 0.25) is 0 Å². The molecule has 0 rings (SSSR count). The number of amides is 1. The molecule has 2 unspecified atom stereocenters. The monoisotopic (exact) mass is 940 g/mol. The standard InChI is InChI=1S/C61H113NO5/c1-3-5-7-9-11-13-15-17-18-23-27-31-35-39-43-47-51-55-61(66)67-56-52-48-44-40-36-32-28-25-22-20-19-21-24-26-30-34-38-42-46-50-54-60(65)62-58(57-63)59(64)53-49-45-41-37-33-29-16-14-12-10-8-6-4-2/h11,13,17-19,21,49,53,58-59,63-64H,3-10,12,14-16,20,22-48,50-52,54-57H2,1-2H3,(H,62,65)/b13-11-,18-17-,21-19-,53-49+. The normalized spacial score (nSPS) is 13.0. The molecule has 0 aromatic rings. The van der Waals surface area contributed by atoms with Crippen molar-refractivity contribution in [2.24, 2.45) is 0 Å². The Kier molecular flexibility index (Phi) is 54.6. The highest BCUT2D eigenvalue weighted by Gasteiger charge is 2.18. The molecule has 0 heterocycles. The third-order valence-corrected chi connectivity index (χ3v) is 13.3. The van der Waals surface area contributed by atoms with Gasteiger partial charge < -0.3 is 20.3 Å². The van der Waals surface area contributed by atoms with Crippen LogP contribution in [0, 0.1) is 0 Å². The van der Waals surface area contributed by atoms with Crippen molar-refractivity contribution in [3.05, 3.63) is 48.6 Å². The number of aliphatic hydroxyl groups is 2. The predicted molar refractivity (Wildman–Crippen MR) is 292 cm³/mol. The zero-order valence-electron chi connectivity index (χ0n) is 44.6. The van der Waals surface area contributed by atoms with E-state index in [0.717, 1.165) is 57.8 Å². The van der Waals surface area contributed by atoms with Gasteiger partial charge in [-0.3, -0.25) is 9.59 Å². The van der Waals surface area contributed by atoms with Gasteiger partial charge in [0.05, 0.1) is 25.4 Å². The van der Waals surface area contributed by atoms with Gasteiger partial charge in [0, 0.05) is 12.8 Å². The molecule has 6 heteroatoms. The maximum absolute atomic E-state index is 12.4. The van der Waals surface area contributed by atoms with Crippen LogP contribution in [0.5, 0.6) is 0 Å². The van der Waals surface area contributed by atoms with Gasteiger partial charge in [-0.2, -0.15) is 0 Å². The summed E-state index contributed by atoms with van der Waals surface area (Å²) in [4.78, 5) is 24.5. The number of nitrogens with one attached hydrogen (secondary N) is 1. The smallest absolute Gasteiger partial charge is 0.305 e. The molecular formula is C61H113NO5. The predicted octanol–water partition coefficient (Wildman–Crippen LogP) is 18.2. The third-order valence-electron chi connectivity index (χ3n) is 13.3. The molecule has 392 valence electrons. The summed E-state index contributed by atoms with van der Waals surface area (Å²) in [7, 11) is 0. The van der Waals surface area contributed by atoms with Crippen LogP contribution in [-0.2, 0) is 14.3 Å². The van der Waals surface area contributed by atoms with Crippen LogP contribution in [-0.4, -0.2) is 47.4 Å². The number of hydrogen-bond donors (Lipinski definition) is 3. The second kappa shape index (κ2) is 56.4. The maximum atomic E-state index is 12.4. The molecule has 0 saturated heterocycles. The quantitative estimate of drug-likeness (QED) is 0.0321. The summed E-state index contributed by atoms with van der Waals surface area (Å²) in [5.41, 5.74) is 0. The van der Waals surface area contributed by atoms with E-state index in [0.29, 0.717) is 19.4 Å². The van der Waals surface area contributed by atoms with Crippen LogP contribution in [0.25, 0.3) is 0 Å². The molecule has 0 fully saturated rings. The maximum Gasteiger partial charge on any atom is 0.305 e. The number of esters is 1. The number of rotatable bonds is 54. The van der Waals surface area contributed by atoms with Crippen molar-refractivity contribution in [2.45, 2.75) is 315 Å². The van der Waals surface area contributed by atoms with Crippen LogP contribution in [0.15, 0.2) is 48.6 Å². The minimum atomic E-state index is -0.850. The van der Waals surface area contributed by atoms with E-state index >= 15 is 0 Å². The first-order chi connectivity index (χ1) is 33.0. The van der Waals surface area contributed by atoms with E-state index in [4.69, 9.17) is 4.74 Å². The largest absolute Gasteiger partial charge is 0.466 e. The molecule has 6 nitrogen and oxygen atoms in total. The van der Waals surface area contributed by atoms with E-state index in [1.165, 1.54) is 218 Å². The lowest BCUT2D eigenvalue weighted by Gasteiger charge is -2.20. The van der Waals surface area contributed by atoms with E-state index in [1.54, 1.807) is 6.08 Å². The van der Waals surface area contributed by atoms with Crippen LogP contribution >= 0.6 is 0 Å². The van der Waals surface area contributed by atoms with Crippen molar-refractivity contribution < 1.29 is 24.5 Å². The molecule has 0 aliphatic rings. The Hall–Kier alpha value is -2.18. The van der Waals surface area contributed by atoms with Crippen molar-refractivity contribution in [2.75, 3.05) is 13.2 Å². The summed E-state index contributed by atoms with van der Waals surface area (Å²) >= 11 is 0. The number of unbranched alkanes of at least 4 members (excludes halogenated alkanes) is 37. The van der Waals surface area contributed by atoms with E-state index in [2.05, 4.69) is 55.6 Å². The average Bonchev–Trinajstić information content (AvgIpc) is 3.33. The summed E-state index contributed by atoms with van der Waals surface area (Å²) in [6, 6.07) is -0.634. The molecule has 0 radical (unpaired) electrons. The fourth-order valence-corrected chi connectivity index (χ4v) is 8.78. The van der Waals surface area contributed by atoms with Crippen molar-refractivity contribution in [3.8, 4) is 0 Å². The molecule has 3 N–H and O–H groups in total. The summed E-state index contributed by atoms with van der Waals surface area (Å²) in [6.45, 7) is 4.86. The lowest BCUT2D eigenvalue weighted by atomic mass is 10.0. The Balaban J connectivity index is 3.45. The third kappa shape index (κ3) is 53.0. The number of carbonyl (C=O) groups excluding carboxylic acids is 2. The van der Waals surface area contributed by atoms with Crippen LogP contribution < -0.4 is 5.32 Å². The first-order valence-corrected chi connectivity index (χ1v) is 29.4. The number of hydrogen-bond acceptors (Lipinski definition) is 5. The van der Waals surface area contributed by atoms with E-state index in [1.807, 2.05) is 6.08 Å². The number of carbonyl (C=O) groups is 2. The number of aliphatic hydroxyl groups excluding tert-OH is 2. The Labute approximate surface area is 416 Å². The highest BCUT2D eigenvalue weighted by atomic mass is 16.5. The van der Waals surface area contributed by atoms with Gasteiger partial charge in [-0.05, 0) is 89.9 Å². The van der Waals surface area contributed by atoms with E-state index in [9.17, 15) is 19.8 Å². The topological polar surface area (TPSA) is 95.9 Å². The van der Waals surface area contributed by atoms with Crippen LogP contribution in [0.1, 0.15) is 303 Å². The fourth-order valence-electron chi connectivity index (χ4n) is 8.78.